The van der Waals surface area contributed by atoms with Gasteiger partial charge in [-0.05, 0) is 237 Å². The third-order valence-corrected chi connectivity index (χ3v) is 25.3. The van der Waals surface area contributed by atoms with Crippen LogP contribution in [0.15, 0.2) is 184 Å². The summed E-state index contributed by atoms with van der Waals surface area (Å²) < 4.78 is 5.57. The van der Waals surface area contributed by atoms with Crippen LogP contribution in [-0.4, -0.2) is 18.3 Å². The van der Waals surface area contributed by atoms with Crippen molar-refractivity contribution in [3.05, 3.63) is 273 Å². The summed E-state index contributed by atoms with van der Waals surface area (Å²) >= 11 is 0. The molecule has 12 heteroatoms. The van der Waals surface area contributed by atoms with Crippen LogP contribution in [0.1, 0.15) is 203 Å². The Hall–Kier alpha value is -12.0. The summed E-state index contributed by atoms with van der Waals surface area (Å²) in [5.41, 5.74) is 4.95. The summed E-state index contributed by atoms with van der Waals surface area (Å²) in [4.78, 5) is 132. The minimum Gasteiger partial charge on any atom is -0.268 e. The van der Waals surface area contributed by atoms with Gasteiger partial charge in [0.2, 0.25) is 0 Å². The summed E-state index contributed by atoms with van der Waals surface area (Å²) in [5.74, 6) is -0.773. The maximum Gasteiger partial charge on any atom is 0.266 e. The summed E-state index contributed by atoms with van der Waals surface area (Å²) in [6.07, 6.45) is 0. The first kappa shape index (κ1) is 67.3. The molecule has 20 aromatic rings. The van der Waals surface area contributed by atoms with Gasteiger partial charge in [0, 0.05) is 64.6 Å². The van der Waals surface area contributed by atoms with E-state index in [1.807, 2.05) is 146 Å². The predicted molar refractivity (Wildman–Crippen MR) is 459 cm³/mol. The molecule has 0 unspecified atom stereocenters. The number of pyridine rings is 4. The molecule has 0 radical (unpaired) electrons. The van der Waals surface area contributed by atoms with E-state index in [-0.39, 0.29) is 68.9 Å². The number of hydrogen-bond donors (Lipinski definition) is 0. The van der Waals surface area contributed by atoms with Crippen molar-refractivity contribution in [1.82, 2.24) is 18.3 Å². The lowest BCUT2D eigenvalue weighted by Gasteiger charge is -2.27. The molecule has 0 saturated carbocycles. The van der Waals surface area contributed by atoms with Crippen LogP contribution in [0.3, 0.4) is 0 Å². The van der Waals surface area contributed by atoms with E-state index < -0.39 is 44.5 Å². The molecule has 0 atom stereocenters. The molecule has 540 valence electrons. The molecule has 4 heterocycles. The van der Waals surface area contributed by atoms with E-state index in [4.69, 9.17) is 0 Å². The van der Waals surface area contributed by atoms with Crippen molar-refractivity contribution < 1.29 is 0 Å². The molecule has 20 rings (SSSR count). The molecule has 0 spiro atoms. The van der Waals surface area contributed by atoms with Crippen LogP contribution in [0.5, 0.6) is 0 Å². The molecule has 12 nitrogen and oxygen atoms in total. The van der Waals surface area contributed by atoms with Crippen molar-refractivity contribution in [3.8, 4) is 22.7 Å². The fourth-order valence-electron chi connectivity index (χ4n) is 20.4. The van der Waals surface area contributed by atoms with E-state index >= 15 is 38.4 Å². The number of hydrogen-bond acceptors (Lipinski definition) is 8. The Morgan fingerprint density at radius 3 is 0.464 bits per heavy atom. The summed E-state index contributed by atoms with van der Waals surface area (Å²) in [7, 11) is 0. The zero-order valence-corrected chi connectivity index (χ0v) is 64.5. The van der Waals surface area contributed by atoms with Crippen LogP contribution in [0, 0.1) is 0 Å². The van der Waals surface area contributed by atoms with Crippen LogP contribution in [-0.2, 0) is 0 Å². The minimum absolute atomic E-state index is 0.0967. The lowest BCUT2D eigenvalue weighted by molar-refractivity contribution is 0.792. The van der Waals surface area contributed by atoms with Crippen molar-refractivity contribution >= 4 is 162 Å². The Labute approximate surface area is 630 Å². The zero-order chi connectivity index (χ0) is 76.8. The van der Waals surface area contributed by atoms with Crippen molar-refractivity contribution in [3.63, 3.8) is 0 Å². The Morgan fingerprint density at radius 2 is 0.300 bits per heavy atom. The van der Waals surface area contributed by atoms with Gasteiger partial charge in [-0.3, -0.25) is 38.4 Å². The molecule has 16 aromatic carbocycles. The standard InChI is InChI=1S/C98H80N4O8/c1-41(2)49-21-17-22-50(42(3)4)87(49)99-91(103)61-33-29-57-58-30-34-62-74-71(97(109)101(92(62)104)89-53(45(9)10)25-19-26-54(89)46(11)12)39-67-78-68-40-72-76-64(94(106)102(98(72)110)90-55(47(13)14)27-20-28-56(90)48(15)16)36-32-60-59-31-35-63-75-70(96(108)100(93(63)105)88-51(43(5)6)23-18-24-52(88)44(7)8)38-66(85(81(59)75)86(68)82(60)76)77(78)65-37-69(95(99)107)73(61)79(57)83(65)84(67)80(58)74/h17-48H,1-16H3. The molecule has 0 aliphatic carbocycles. The average molecular weight is 1440 g/mol. The average Bonchev–Trinajstić information content (AvgIpc) is 0.649. The molecule has 0 bridgehead atoms. The van der Waals surface area contributed by atoms with Gasteiger partial charge in [0.1, 0.15) is 0 Å². The predicted octanol–water partition coefficient (Wildman–Crippen LogP) is 21.5. The molecule has 0 saturated heterocycles. The molecular formula is C98H80N4O8. The molecule has 4 aromatic heterocycles. The number of fused-ring (bicyclic) bond motifs is 7. The second-order valence-electron chi connectivity index (χ2n) is 33.9. The molecular weight excluding hydrogens is 1360 g/mol. The maximum absolute atomic E-state index is 16.9. The van der Waals surface area contributed by atoms with Gasteiger partial charge in [-0.25, -0.2) is 18.3 Å². The Kier molecular flexibility index (Phi) is 14.0. The van der Waals surface area contributed by atoms with Gasteiger partial charge in [-0.1, -0.05) is 208 Å². The molecule has 0 aliphatic heterocycles. The molecule has 110 heavy (non-hydrogen) atoms. The minimum atomic E-state index is -0.516. The lowest BCUT2D eigenvalue weighted by atomic mass is 9.76. The smallest absolute Gasteiger partial charge is 0.266 e. The van der Waals surface area contributed by atoms with E-state index in [0.717, 1.165) is 44.5 Å². The van der Waals surface area contributed by atoms with E-state index in [2.05, 4.69) is 111 Å². The van der Waals surface area contributed by atoms with Crippen molar-refractivity contribution in [2.75, 3.05) is 0 Å². The second-order valence-corrected chi connectivity index (χ2v) is 33.9. The highest BCUT2D eigenvalue weighted by atomic mass is 16.2. The Morgan fingerprint density at radius 1 is 0.164 bits per heavy atom. The van der Waals surface area contributed by atoms with Crippen molar-refractivity contribution in [2.24, 2.45) is 0 Å². The second kappa shape index (κ2) is 22.8. The summed E-state index contributed by atoms with van der Waals surface area (Å²) in [5, 5.41) is 15.9. The van der Waals surface area contributed by atoms with Gasteiger partial charge in [-0.15, -0.1) is 0 Å². The first-order chi connectivity index (χ1) is 52.7. The van der Waals surface area contributed by atoms with Gasteiger partial charge in [0.15, 0.2) is 0 Å². The Bertz CT molecular complexity index is 7000. The molecule has 0 N–H and O–H groups in total. The van der Waals surface area contributed by atoms with Gasteiger partial charge < -0.3 is 0 Å². The highest BCUT2D eigenvalue weighted by Crippen LogP contribution is 2.58. The fourth-order valence-corrected chi connectivity index (χ4v) is 20.4. The lowest BCUT2D eigenvalue weighted by Crippen LogP contribution is -2.34. The van der Waals surface area contributed by atoms with Gasteiger partial charge in [0.05, 0.1) is 22.7 Å². The van der Waals surface area contributed by atoms with E-state index in [1.165, 1.54) is 18.3 Å². The largest absolute Gasteiger partial charge is 0.268 e. The third kappa shape index (κ3) is 8.25. The van der Waals surface area contributed by atoms with Crippen LogP contribution < -0.4 is 44.5 Å². The van der Waals surface area contributed by atoms with Crippen LogP contribution in [0.2, 0.25) is 0 Å². The first-order valence-corrected chi connectivity index (χ1v) is 39.0. The number of para-hydroxylation sites is 4. The quantitative estimate of drug-likeness (QED) is 0.0864. The molecule has 0 aliphatic rings. The maximum atomic E-state index is 16.9. The fraction of sp³-hybridized carbons (Fsp3) is 0.245. The number of benzene rings is 16. The number of aromatic nitrogens is 4. The van der Waals surface area contributed by atoms with E-state index in [9.17, 15) is 0 Å². The van der Waals surface area contributed by atoms with Gasteiger partial charge in [0.25, 0.3) is 44.5 Å². The molecule has 0 amide bonds. The Balaban J connectivity index is 1.12. The SMILES string of the molecule is CC(C)c1cccc(C(C)C)c1-n1c(=O)c2ccc3c4ccc5c(=O)n(-c6c(C(C)C)cccc6C(C)C)c(=O)c6cc7c8c9cc%10c(=O)n(-c%11c(C(C)C)cccc%11C(C)C)c(=O)c%11ccc%12c%13ccc%14c(=O)n(-c%15c(C(C)C)cccc%15C(C)C)c(=O)c%15cc(c8c8cc(c1=O)c2c3c8c7c4c56)c(c%13c%14%15)c9c%12c%11%10. The first-order valence-electron chi connectivity index (χ1n) is 39.0. The monoisotopic (exact) mass is 1440 g/mol. The number of rotatable bonds is 12. The van der Waals surface area contributed by atoms with Crippen LogP contribution >= 0.6 is 0 Å². The highest BCUT2D eigenvalue weighted by molar-refractivity contribution is 6.56. The van der Waals surface area contributed by atoms with Crippen molar-refractivity contribution in [1.29, 1.82) is 0 Å². The van der Waals surface area contributed by atoms with E-state index in [0.29, 0.717) is 163 Å². The van der Waals surface area contributed by atoms with E-state index in [1.54, 1.807) is 0 Å². The van der Waals surface area contributed by atoms with Gasteiger partial charge >= 0.3 is 0 Å². The zero-order valence-electron chi connectivity index (χ0n) is 64.5. The molecule has 0 fully saturated rings. The summed E-state index contributed by atoms with van der Waals surface area (Å²) in [6, 6.07) is 46.9. The van der Waals surface area contributed by atoms with Crippen LogP contribution in [0.25, 0.3) is 184 Å². The topological polar surface area (TPSA) is 156 Å². The van der Waals surface area contributed by atoms with Gasteiger partial charge in [-0.2, -0.15) is 0 Å². The third-order valence-electron chi connectivity index (χ3n) is 25.3. The number of nitrogens with zero attached hydrogens (tertiary/aromatic N) is 4. The van der Waals surface area contributed by atoms with Crippen LogP contribution in [0.4, 0.5) is 0 Å². The summed E-state index contributed by atoms with van der Waals surface area (Å²) in [6.45, 7) is 33.1. The normalized spacial score (nSPS) is 13.1. The van der Waals surface area contributed by atoms with Crippen molar-refractivity contribution in [2.45, 2.75) is 158 Å². The highest BCUT2D eigenvalue weighted by Gasteiger charge is 2.36.